The highest BCUT2D eigenvalue weighted by atomic mass is 79.9. The van der Waals surface area contributed by atoms with Crippen LogP contribution in [0.2, 0.25) is 0 Å². The van der Waals surface area contributed by atoms with Gasteiger partial charge in [0.15, 0.2) is 0 Å². The van der Waals surface area contributed by atoms with Crippen LogP contribution in [0, 0.1) is 6.92 Å². The first-order chi connectivity index (χ1) is 16.0. The summed E-state index contributed by atoms with van der Waals surface area (Å²) in [6, 6.07) is 17.7. The molecule has 3 aromatic rings. The van der Waals surface area contributed by atoms with E-state index in [2.05, 4.69) is 68.6 Å². The summed E-state index contributed by atoms with van der Waals surface area (Å²) in [5, 5.41) is 12.9. The topological polar surface area (TPSA) is 55.3 Å². The van der Waals surface area contributed by atoms with Crippen molar-refractivity contribution in [3.05, 3.63) is 99.9 Å². The van der Waals surface area contributed by atoms with Gasteiger partial charge in [0.1, 0.15) is 29.8 Å². The Morgan fingerprint density at radius 3 is 2.70 bits per heavy atom. The Bertz CT molecular complexity index is 1100. The maximum absolute atomic E-state index is 13.0. The zero-order chi connectivity index (χ0) is 23.3. The SMILES string of the molecule is Cc1n(CCCOC(=O)C(c2ccccc2)C2(O)CC=CS2)cc[n+]1Cc1ccc(Br)cc1. The summed E-state index contributed by atoms with van der Waals surface area (Å²) in [5.74, 6) is 0.0451. The van der Waals surface area contributed by atoms with Gasteiger partial charge in [-0.15, -0.1) is 0 Å². The smallest absolute Gasteiger partial charge is 0.317 e. The van der Waals surface area contributed by atoms with Crippen LogP contribution in [-0.4, -0.2) is 27.2 Å². The summed E-state index contributed by atoms with van der Waals surface area (Å²) in [6.07, 6.45) is 7.16. The number of nitrogens with zero attached hydrogens (tertiary/aromatic N) is 2. The van der Waals surface area contributed by atoms with Crippen LogP contribution in [0.3, 0.4) is 0 Å². The van der Waals surface area contributed by atoms with Crippen molar-refractivity contribution in [3.8, 4) is 0 Å². The Hall–Kier alpha value is -2.35. The van der Waals surface area contributed by atoms with Crippen molar-refractivity contribution >= 4 is 33.7 Å². The van der Waals surface area contributed by atoms with Crippen LogP contribution >= 0.6 is 27.7 Å². The lowest BCUT2D eigenvalue weighted by Gasteiger charge is -2.30. The second-order valence-electron chi connectivity index (χ2n) is 8.20. The van der Waals surface area contributed by atoms with E-state index in [0.29, 0.717) is 19.4 Å². The molecule has 0 aliphatic carbocycles. The van der Waals surface area contributed by atoms with Gasteiger partial charge in [-0.2, -0.15) is 0 Å². The number of ether oxygens (including phenoxy) is 1. The van der Waals surface area contributed by atoms with E-state index in [1.54, 1.807) is 0 Å². The quantitative estimate of drug-likeness (QED) is 0.243. The Kier molecular flexibility index (Phi) is 7.73. The van der Waals surface area contributed by atoms with Crippen molar-refractivity contribution < 1.29 is 19.2 Å². The number of aliphatic hydroxyl groups is 1. The fourth-order valence-corrected chi connectivity index (χ4v) is 5.32. The van der Waals surface area contributed by atoms with E-state index in [1.165, 1.54) is 17.3 Å². The number of benzene rings is 2. The van der Waals surface area contributed by atoms with E-state index < -0.39 is 10.9 Å². The highest BCUT2D eigenvalue weighted by Crippen LogP contribution is 2.45. The van der Waals surface area contributed by atoms with Gasteiger partial charge < -0.3 is 9.84 Å². The highest BCUT2D eigenvalue weighted by Gasteiger charge is 2.44. The number of aromatic nitrogens is 2. The summed E-state index contributed by atoms with van der Waals surface area (Å²) in [7, 11) is 0. The highest BCUT2D eigenvalue weighted by molar-refractivity contribution is 9.10. The van der Waals surface area contributed by atoms with Crippen molar-refractivity contribution in [1.29, 1.82) is 0 Å². The van der Waals surface area contributed by atoms with Gasteiger partial charge in [-0.1, -0.05) is 76.2 Å². The maximum atomic E-state index is 13.0. The first kappa shape index (κ1) is 23.8. The predicted octanol–water partition coefficient (Wildman–Crippen LogP) is 4.95. The van der Waals surface area contributed by atoms with Gasteiger partial charge in [0.05, 0.1) is 13.2 Å². The van der Waals surface area contributed by atoms with Crippen LogP contribution in [0.4, 0.5) is 0 Å². The molecule has 5 nitrogen and oxygen atoms in total. The first-order valence-corrected chi connectivity index (χ1v) is 12.7. The van der Waals surface area contributed by atoms with Crippen LogP contribution in [-0.2, 0) is 22.6 Å². The number of halogens is 1. The molecule has 0 fully saturated rings. The lowest BCUT2D eigenvalue weighted by atomic mass is 9.91. The number of hydrogen-bond donors (Lipinski definition) is 1. The second-order valence-corrected chi connectivity index (χ2v) is 10.3. The molecule has 172 valence electrons. The fourth-order valence-electron chi connectivity index (χ4n) is 4.07. The average molecular weight is 528 g/mol. The van der Waals surface area contributed by atoms with Crippen LogP contribution in [0.1, 0.15) is 35.7 Å². The number of aryl methyl sites for hydroxylation is 1. The van der Waals surface area contributed by atoms with Gasteiger partial charge in [0.2, 0.25) is 0 Å². The zero-order valence-electron chi connectivity index (χ0n) is 18.6. The van der Waals surface area contributed by atoms with E-state index in [1.807, 2.05) is 41.8 Å². The lowest BCUT2D eigenvalue weighted by molar-refractivity contribution is -0.694. The number of rotatable bonds is 9. The third-order valence-corrected chi connectivity index (χ3v) is 7.58. The molecule has 1 aliphatic heterocycles. The molecule has 1 aliphatic rings. The number of imidazole rings is 1. The first-order valence-electron chi connectivity index (χ1n) is 11.0. The largest absolute Gasteiger partial charge is 0.465 e. The van der Waals surface area contributed by atoms with Gasteiger partial charge in [0.25, 0.3) is 5.82 Å². The van der Waals surface area contributed by atoms with Gasteiger partial charge >= 0.3 is 5.97 Å². The molecular formula is C26H28BrN2O3S+. The monoisotopic (exact) mass is 527 g/mol. The third-order valence-electron chi connectivity index (χ3n) is 5.91. The molecule has 33 heavy (non-hydrogen) atoms. The Morgan fingerprint density at radius 2 is 2.00 bits per heavy atom. The molecule has 2 heterocycles. The molecule has 4 rings (SSSR count). The molecule has 0 saturated carbocycles. The van der Waals surface area contributed by atoms with E-state index in [-0.39, 0.29) is 5.97 Å². The number of hydrogen-bond acceptors (Lipinski definition) is 4. The molecule has 2 unspecified atom stereocenters. The molecule has 2 aromatic carbocycles. The van der Waals surface area contributed by atoms with E-state index in [9.17, 15) is 9.90 Å². The van der Waals surface area contributed by atoms with Crippen LogP contribution < -0.4 is 4.57 Å². The fraction of sp³-hybridized carbons (Fsp3) is 0.308. The van der Waals surface area contributed by atoms with Crippen molar-refractivity contribution in [3.63, 3.8) is 0 Å². The molecule has 0 amide bonds. The van der Waals surface area contributed by atoms with Crippen molar-refractivity contribution in [2.75, 3.05) is 6.61 Å². The van der Waals surface area contributed by atoms with E-state index >= 15 is 0 Å². The van der Waals surface area contributed by atoms with E-state index in [4.69, 9.17) is 4.74 Å². The summed E-state index contributed by atoms with van der Waals surface area (Å²) in [4.78, 5) is 11.8. The zero-order valence-corrected chi connectivity index (χ0v) is 21.0. The molecule has 2 atom stereocenters. The van der Waals surface area contributed by atoms with Crippen molar-refractivity contribution in [1.82, 2.24) is 4.57 Å². The summed E-state index contributed by atoms with van der Waals surface area (Å²) >= 11 is 4.76. The van der Waals surface area contributed by atoms with Crippen LogP contribution in [0.25, 0.3) is 0 Å². The molecule has 0 radical (unpaired) electrons. The van der Waals surface area contributed by atoms with Crippen LogP contribution in [0.5, 0.6) is 0 Å². The molecule has 1 aromatic heterocycles. The summed E-state index contributed by atoms with van der Waals surface area (Å²) < 4.78 is 11.1. The van der Waals surface area contributed by atoms with Gasteiger partial charge in [-0.25, -0.2) is 9.13 Å². The number of esters is 1. The molecule has 7 heteroatoms. The summed E-state index contributed by atoms with van der Waals surface area (Å²) in [6.45, 7) is 3.96. The Morgan fingerprint density at radius 1 is 1.24 bits per heavy atom. The minimum absolute atomic E-state index is 0.306. The number of thioether (sulfide) groups is 1. The third kappa shape index (κ3) is 5.78. The molecule has 0 bridgehead atoms. The van der Waals surface area contributed by atoms with E-state index in [0.717, 1.165) is 29.0 Å². The Balaban J connectivity index is 1.33. The molecule has 0 saturated heterocycles. The van der Waals surface area contributed by atoms with Gasteiger partial charge in [0, 0.05) is 24.2 Å². The molecule has 0 spiro atoms. The summed E-state index contributed by atoms with van der Waals surface area (Å²) in [5.41, 5.74) is 2.01. The maximum Gasteiger partial charge on any atom is 0.317 e. The predicted molar refractivity (Wildman–Crippen MR) is 134 cm³/mol. The van der Waals surface area contributed by atoms with Gasteiger partial charge in [-0.05, 0) is 28.7 Å². The minimum Gasteiger partial charge on any atom is -0.465 e. The standard InChI is InChI=1S/C26H28BrN2O3S/c1-20-28(15-16-29(20)19-21-9-11-23(27)12-10-21)14-6-17-32-25(30)24(22-7-3-2-4-8-22)26(31)13-5-18-33-26/h2-5,7-12,15-16,18,24,31H,6,13-14,17,19H2,1H3/q+1. The second kappa shape index (κ2) is 10.7. The number of carbonyl (C=O) groups is 1. The minimum atomic E-state index is -1.20. The molecule has 1 N–H and O–H groups in total. The normalized spacial score (nSPS) is 18.4. The van der Waals surface area contributed by atoms with Crippen molar-refractivity contribution in [2.24, 2.45) is 0 Å². The number of carbonyl (C=O) groups excluding carboxylic acids is 1. The van der Waals surface area contributed by atoms with Gasteiger partial charge in [-0.3, -0.25) is 4.79 Å². The Labute approximate surface area is 207 Å². The molecular weight excluding hydrogens is 500 g/mol. The van der Waals surface area contributed by atoms with Crippen molar-refractivity contribution in [2.45, 2.75) is 43.7 Å². The lowest BCUT2D eigenvalue weighted by Crippen LogP contribution is -2.37. The average Bonchev–Trinajstić information content (AvgIpc) is 3.40. The van der Waals surface area contributed by atoms with Crippen LogP contribution in [0.15, 0.2) is 82.9 Å².